The number of carbonyl (C=O) groups excluding carboxylic acids is 1. The molecule has 0 radical (unpaired) electrons. The molecule has 1 saturated heterocycles. The average Bonchev–Trinajstić information content (AvgIpc) is 3.05. The van der Waals surface area contributed by atoms with Gasteiger partial charge in [-0.05, 0) is 44.1 Å². The van der Waals surface area contributed by atoms with Crippen molar-refractivity contribution in [1.82, 2.24) is 10.2 Å². The lowest BCUT2D eigenvalue weighted by Crippen LogP contribution is -2.50. The van der Waals surface area contributed by atoms with Crippen molar-refractivity contribution in [2.75, 3.05) is 13.2 Å². The fourth-order valence-corrected chi connectivity index (χ4v) is 4.79. The van der Waals surface area contributed by atoms with Crippen LogP contribution in [0, 0.1) is 17.3 Å². The fraction of sp³-hybridized carbons (Fsp3) is 0.714. The number of hydrogen-bond acceptors (Lipinski definition) is 4. The summed E-state index contributed by atoms with van der Waals surface area (Å²) in [5, 5.41) is 13.1. The molecule has 0 bridgehead atoms. The number of benzene rings is 1. The molecule has 7 nitrogen and oxygen atoms in total. The second kappa shape index (κ2) is 12.7. The smallest absolute Gasteiger partial charge is 0.409 e. The second-order valence-corrected chi connectivity index (χ2v) is 11.3. The summed E-state index contributed by atoms with van der Waals surface area (Å²) in [5.74, 6) is 0.419. The Morgan fingerprint density at radius 1 is 1.23 bits per heavy atom. The SMILES string of the molecule is CCCCC(C)(C)C(=O)NCC1OC(C)(C)N(C(=O)O)C1CC(COCc1ccccc1)C(C)C. The first kappa shape index (κ1) is 29.1. The maximum atomic E-state index is 12.9. The van der Waals surface area contributed by atoms with Gasteiger partial charge in [-0.25, -0.2) is 4.79 Å². The molecule has 0 spiro atoms. The molecule has 1 aliphatic heterocycles. The van der Waals surface area contributed by atoms with Crippen molar-refractivity contribution in [2.45, 2.75) is 98.6 Å². The van der Waals surface area contributed by atoms with Gasteiger partial charge in [-0.3, -0.25) is 9.69 Å². The van der Waals surface area contributed by atoms with Crippen LogP contribution < -0.4 is 5.32 Å². The number of unbranched alkanes of at least 4 members (excludes halogenated alkanes) is 1. The maximum Gasteiger partial charge on any atom is 0.409 e. The van der Waals surface area contributed by atoms with E-state index < -0.39 is 23.3 Å². The Hall–Kier alpha value is -2.12. The lowest BCUT2D eigenvalue weighted by Gasteiger charge is -2.34. The van der Waals surface area contributed by atoms with Crippen LogP contribution in [-0.2, 0) is 20.9 Å². The molecule has 198 valence electrons. The fourth-order valence-electron chi connectivity index (χ4n) is 4.79. The highest BCUT2D eigenvalue weighted by Crippen LogP contribution is 2.37. The van der Waals surface area contributed by atoms with E-state index in [2.05, 4.69) is 26.1 Å². The normalized spacial score (nSPS) is 20.7. The third-order valence-electron chi connectivity index (χ3n) is 7.15. The van der Waals surface area contributed by atoms with E-state index in [-0.39, 0.29) is 24.4 Å². The molecule has 3 atom stereocenters. The molecular formula is C28H46N2O5. The highest BCUT2D eigenvalue weighted by atomic mass is 16.6. The van der Waals surface area contributed by atoms with Crippen molar-refractivity contribution >= 4 is 12.0 Å². The van der Waals surface area contributed by atoms with E-state index in [0.717, 1.165) is 24.8 Å². The second-order valence-electron chi connectivity index (χ2n) is 11.3. The zero-order valence-electron chi connectivity index (χ0n) is 22.7. The van der Waals surface area contributed by atoms with Crippen LogP contribution in [0.25, 0.3) is 0 Å². The van der Waals surface area contributed by atoms with Crippen LogP contribution in [0.15, 0.2) is 30.3 Å². The molecule has 0 aliphatic carbocycles. The summed E-state index contributed by atoms with van der Waals surface area (Å²) in [6.07, 6.45) is 2.00. The zero-order chi connectivity index (χ0) is 26.2. The molecule has 2 N–H and O–H groups in total. The van der Waals surface area contributed by atoms with Crippen LogP contribution in [0.4, 0.5) is 4.79 Å². The Kier molecular flexibility index (Phi) is 10.6. The number of carboxylic acid groups (broad SMARTS) is 1. The predicted octanol–water partition coefficient (Wildman–Crippen LogP) is 5.68. The lowest BCUT2D eigenvalue weighted by molar-refractivity contribution is -0.131. The van der Waals surface area contributed by atoms with Gasteiger partial charge in [0.05, 0.1) is 25.4 Å². The summed E-state index contributed by atoms with van der Waals surface area (Å²) in [6, 6.07) is 9.64. The first-order chi connectivity index (χ1) is 16.4. The largest absolute Gasteiger partial charge is 0.465 e. The highest BCUT2D eigenvalue weighted by Gasteiger charge is 2.50. The maximum absolute atomic E-state index is 12.9. The van der Waals surface area contributed by atoms with Crippen molar-refractivity contribution in [2.24, 2.45) is 17.3 Å². The molecule has 2 rings (SSSR count). The molecule has 1 aromatic carbocycles. The summed E-state index contributed by atoms with van der Waals surface area (Å²) in [6.45, 7) is 15.2. The zero-order valence-corrected chi connectivity index (χ0v) is 22.7. The van der Waals surface area contributed by atoms with Crippen LogP contribution in [0.1, 0.15) is 79.7 Å². The monoisotopic (exact) mass is 490 g/mol. The van der Waals surface area contributed by atoms with Crippen molar-refractivity contribution < 1.29 is 24.2 Å². The standard InChI is InChI=1S/C28H46N2O5/c1-8-9-15-27(4,5)25(31)29-17-24-23(30(26(32)33)28(6,7)35-24)16-22(20(2)3)19-34-18-21-13-11-10-12-14-21/h10-14,20,22-24H,8-9,15-19H2,1-7H3,(H,29,31)(H,32,33). The summed E-state index contributed by atoms with van der Waals surface area (Å²) in [7, 11) is 0. The average molecular weight is 491 g/mol. The first-order valence-corrected chi connectivity index (χ1v) is 13.0. The number of carbonyl (C=O) groups is 2. The minimum Gasteiger partial charge on any atom is -0.465 e. The number of nitrogens with zero attached hydrogens (tertiary/aromatic N) is 1. The third-order valence-corrected chi connectivity index (χ3v) is 7.15. The summed E-state index contributed by atoms with van der Waals surface area (Å²) in [4.78, 5) is 26.6. The molecule has 1 heterocycles. The van der Waals surface area contributed by atoms with Gasteiger partial charge in [-0.15, -0.1) is 0 Å². The number of rotatable bonds is 13. The Bertz CT molecular complexity index is 809. The van der Waals surface area contributed by atoms with Gasteiger partial charge in [0.2, 0.25) is 5.91 Å². The van der Waals surface area contributed by atoms with E-state index in [1.54, 1.807) is 13.8 Å². The van der Waals surface area contributed by atoms with Gasteiger partial charge in [0.1, 0.15) is 5.72 Å². The number of ether oxygens (including phenoxy) is 2. The summed E-state index contributed by atoms with van der Waals surface area (Å²) in [5.41, 5.74) is -0.341. The first-order valence-electron chi connectivity index (χ1n) is 13.0. The van der Waals surface area contributed by atoms with Crippen LogP contribution in [0.2, 0.25) is 0 Å². The van der Waals surface area contributed by atoms with E-state index in [0.29, 0.717) is 25.6 Å². The van der Waals surface area contributed by atoms with Gasteiger partial charge in [-0.2, -0.15) is 0 Å². The van der Waals surface area contributed by atoms with E-state index in [1.807, 2.05) is 44.2 Å². The van der Waals surface area contributed by atoms with Crippen molar-refractivity contribution in [3.05, 3.63) is 35.9 Å². The number of amides is 2. The van der Waals surface area contributed by atoms with Crippen molar-refractivity contribution in [1.29, 1.82) is 0 Å². The molecule has 0 saturated carbocycles. The Labute approximate surface area is 211 Å². The topological polar surface area (TPSA) is 88.1 Å². The minimum atomic E-state index is -1.01. The summed E-state index contributed by atoms with van der Waals surface area (Å²) >= 11 is 0. The molecule has 2 amide bonds. The van der Waals surface area contributed by atoms with E-state index in [1.165, 1.54) is 4.90 Å². The van der Waals surface area contributed by atoms with Crippen molar-refractivity contribution in [3.8, 4) is 0 Å². The van der Waals surface area contributed by atoms with Gasteiger partial charge in [-0.1, -0.05) is 77.8 Å². The lowest BCUT2D eigenvalue weighted by atomic mass is 9.85. The van der Waals surface area contributed by atoms with E-state index >= 15 is 0 Å². The molecule has 7 heteroatoms. The quantitative estimate of drug-likeness (QED) is 0.371. The molecular weight excluding hydrogens is 444 g/mol. The number of hydrogen-bond donors (Lipinski definition) is 2. The van der Waals surface area contributed by atoms with E-state index in [4.69, 9.17) is 9.47 Å². The van der Waals surface area contributed by atoms with Crippen LogP contribution in [0.3, 0.4) is 0 Å². The number of nitrogens with one attached hydrogen (secondary N) is 1. The third kappa shape index (κ3) is 8.21. The Balaban J connectivity index is 2.11. The Morgan fingerprint density at radius 2 is 1.89 bits per heavy atom. The van der Waals surface area contributed by atoms with Gasteiger partial charge < -0.3 is 19.9 Å². The van der Waals surface area contributed by atoms with Crippen molar-refractivity contribution in [3.63, 3.8) is 0 Å². The molecule has 3 unspecified atom stereocenters. The highest BCUT2D eigenvalue weighted by molar-refractivity contribution is 5.81. The molecule has 0 aromatic heterocycles. The summed E-state index contributed by atoms with van der Waals surface area (Å²) < 4.78 is 12.3. The predicted molar refractivity (Wildman–Crippen MR) is 138 cm³/mol. The van der Waals surface area contributed by atoms with Gasteiger partial charge in [0.25, 0.3) is 0 Å². The Morgan fingerprint density at radius 3 is 2.46 bits per heavy atom. The molecule has 1 fully saturated rings. The minimum absolute atomic E-state index is 0.0218. The van der Waals surface area contributed by atoms with Crippen LogP contribution >= 0.6 is 0 Å². The molecule has 35 heavy (non-hydrogen) atoms. The van der Waals surface area contributed by atoms with Crippen LogP contribution in [0.5, 0.6) is 0 Å². The molecule has 1 aromatic rings. The van der Waals surface area contributed by atoms with Gasteiger partial charge in [0, 0.05) is 12.0 Å². The molecule has 1 aliphatic rings. The van der Waals surface area contributed by atoms with E-state index in [9.17, 15) is 14.7 Å². The van der Waals surface area contributed by atoms with Gasteiger partial charge >= 0.3 is 6.09 Å². The van der Waals surface area contributed by atoms with Crippen LogP contribution in [-0.4, -0.2) is 53.0 Å². The van der Waals surface area contributed by atoms with Gasteiger partial charge in [0.15, 0.2) is 0 Å².